The summed E-state index contributed by atoms with van der Waals surface area (Å²) in [5.41, 5.74) is 7.16. The van der Waals surface area contributed by atoms with Gasteiger partial charge < -0.3 is 20.9 Å². The van der Waals surface area contributed by atoms with E-state index in [0.717, 1.165) is 11.1 Å². The van der Waals surface area contributed by atoms with Gasteiger partial charge in [-0.2, -0.15) is 4.98 Å². The summed E-state index contributed by atoms with van der Waals surface area (Å²) >= 11 is 0. The number of rotatable bonds is 5. The predicted molar refractivity (Wildman–Crippen MR) is 96.6 cm³/mol. The molecular weight excluding hydrogens is 318 g/mol. The van der Waals surface area contributed by atoms with Gasteiger partial charge in [0.15, 0.2) is 0 Å². The number of aromatic nitrogens is 2. The molecule has 25 heavy (non-hydrogen) atoms. The van der Waals surface area contributed by atoms with Crippen molar-refractivity contribution in [3.8, 4) is 11.4 Å². The van der Waals surface area contributed by atoms with Crippen molar-refractivity contribution in [2.75, 3.05) is 0 Å². The van der Waals surface area contributed by atoms with Gasteiger partial charge in [0.25, 0.3) is 0 Å². The molecule has 0 saturated heterocycles. The van der Waals surface area contributed by atoms with Crippen molar-refractivity contribution in [2.45, 2.75) is 52.7 Å². The fraction of sp³-hybridized carbons (Fsp3) is 0.500. The van der Waals surface area contributed by atoms with Crippen LogP contribution in [0, 0.1) is 5.92 Å². The van der Waals surface area contributed by atoms with Crippen molar-refractivity contribution < 1.29 is 9.32 Å². The van der Waals surface area contributed by atoms with Crippen molar-refractivity contribution in [3.05, 3.63) is 35.7 Å². The first kappa shape index (κ1) is 18.9. The first-order valence-electron chi connectivity index (χ1n) is 8.41. The number of amides is 2. The van der Waals surface area contributed by atoms with Crippen LogP contribution in [-0.4, -0.2) is 21.7 Å². The molecule has 0 aliphatic carbocycles. The van der Waals surface area contributed by atoms with E-state index in [1.165, 1.54) is 0 Å². The molecule has 1 heterocycles. The lowest BCUT2D eigenvalue weighted by Gasteiger charge is -2.24. The van der Waals surface area contributed by atoms with Crippen molar-refractivity contribution in [1.29, 1.82) is 0 Å². The second-order valence-electron chi connectivity index (χ2n) is 7.43. The first-order valence-corrected chi connectivity index (χ1v) is 8.41. The number of nitrogens with zero attached hydrogens (tertiary/aromatic N) is 2. The predicted octanol–water partition coefficient (Wildman–Crippen LogP) is 2.99. The Labute approximate surface area is 148 Å². The van der Waals surface area contributed by atoms with Crippen LogP contribution in [0.2, 0.25) is 0 Å². The molecular formula is C18H27N5O2. The average molecular weight is 345 g/mol. The van der Waals surface area contributed by atoms with E-state index < -0.39 is 0 Å². The molecule has 136 valence electrons. The average Bonchev–Trinajstić information content (AvgIpc) is 3.00. The molecule has 2 amide bonds. The summed E-state index contributed by atoms with van der Waals surface area (Å²) < 4.78 is 5.40. The summed E-state index contributed by atoms with van der Waals surface area (Å²) in [5, 5.41) is 9.82. The maximum atomic E-state index is 12.2. The lowest BCUT2D eigenvalue weighted by atomic mass is 10.0. The number of nitrogens with two attached hydrogens (primary N) is 1. The summed E-state index contributed by atoms with van der Waals surface area (Å²) in [7, 11) is 0. The van der Waals surface area contributed by atoms with Gasteiger partial charge in [-0.15, -0.1) is 0 Å². The highest BCUT2D eigenvalue weighted by molar-refractivity contribution is 5.75. The normalized spacial score (nSPS) is 12.9. The number of nitrogens with one attached hydrogen (secondary N) is 2. The Hall–Kier alpha value is -2.41. The molecule has 0 radical (unpaired) electrons. The monoisotopic (exact) mass is 345 g/mol. The molecule has 1 aromatic heterocycles. The van der Waals surface area contributed by atoms with Crippen LogP contribution in [0.3, 0.4) is 0 Å². The second-order valence-corrected chi connectivity index (χ2v) is 7.43. The summed E-state index contributed by atoms with van der Waals surface area (Å²) in [5.74, 6) is 0.970. The molecule has 0 saturated carbocycles. The first-order chi connectivity index (χ1) is 11.7. The van der Waals surface area contributed by atoms with Crippen LogP contribution < -0.4 is 16.4 Å². The van der Waals surface area contributed by atoms with Crippen molar-refractivity contribution in [3.63, 3.8) is 0 Å². The summed E-state index contributed by atoms with van der Waals surface area (Å²) in [6, 6.07) is 7.04. The zero-order valence-corrected chi connectivity index (χ0v) is 15.5. The Morgan fingerprint density at radius 2 is 1.88 bits per heavy atom. The standard InChI is InChI=1S/C18H27N5O2/c1-11(2)14(20-17(24)22-18(3,4)5)16-21-15(23-25-16)13-8-6-12(10-19)7-9-13/h6-9,11,14H,10,19H2,1-5H3,(H2,20,22,24)/t14-/m0/s1. The quantitative estimate of drug-likeness (QED) is 0.772. The van der Waals surface area contributed by atoms with E-state index in [9.17, 15) is 4.79 Å². The van der Waals surface area contributed by atoms with Crippen LogP contribution in [0.5, 0.6) is 0 Å². The molecule has 0 aliphatic rings. The second kappa shape index (κ2) is 7.65. The Kier molecular flexibility index (Phi) is 5.79. The van der Waals surface area contributed by atoms with Gasteiger partial charge in [0.05, 0.1) is 0 Å². The van der Waals surface area contributed by atoms with E-state index in [1.807, 2.05) is 58.9 Å². The molecule has 1 atom stereocenters. The Morgan fingerprint density at radius 3 is 2.40 bits per heavy atom. The van der Waals surface area contributed by atoms with Crippen LogP contribution in [0.4, 0.5) is 4.79 Å². The van der Waals surface area contributed by atoms with Gasteiger partial charge in [0.2, 0.25) is 11.7 Å². The molecule has 7 heteroatoms. The number of carbonyl (C=O) groups excluding carboxylic acids is 1. The molecule has 2 aromatic rings. The summed E-state index contributed by atoms with van der Waals surface area (Å²) in [6.07, 6.45) is 0. The Bertz CT molecular complexity index is 701. The van der Waals surface area contributed by atoms with E-state index in [-0.39, 0.29) is 23.5 Å². The largest absolute Gasteiger partial charge is 0.337 e. The SMILES string of the molecule is CC(C)[C@H](NC(=O)NC(C)(C)C)c1nc(-c2ccc(CN)cc2)no1. The molecule has 0 aliphatic heterocycles. The minimum Gasteiger partial charge on any atom is -0.337 e. The van der Waals surface area contributed by atoms with E-state index in [4.69, 9.17) is 10.3 Å². The molecule has 4 N–H and O–H groups in total. The van der Waals surface area contributed by atoms with Crippen molar-refractivity contribution in [1.82, 2.24) is 20.8 Å². The van der Waals surface area contributed by atoms with E-state index >= 15 is 0 Å². The van der Waals surface area contributed by atoms with E-state index in [0.29, 0.717) is 18.3 Å². The van der Waals surface area contributed by atoms with Crippen LogP contribution >= 0.6 is 0 Å². The topological polar surface area (TPSA) is 106 Å². The summed E-state index contributed by atoms with van der Waals surface area (Å²) in [4.78, 5) is 16.6. The molecule has 2 rings (SSSR count). The van der Waals surface area contributed by atoms with Crippen LogP contribution in [-0.2, 0) is 6.54 Å². The molecule has 0 fully saturated rings. The third-order valence-corrected chi connectivity index (χ3v) is 3.60. The Morgan fingerprint density at radius 1 is 1.24 bits per heavy atom. The highest BCUT2D eigenvalue weighted by Gasteiger charge is 2.26. The zero-order valence-electron chi connectivity index (χ0n) is 15.5. The molecule has 0 spiro atoms. The maximum absolute atomic E-state index is 12.2. The maximum Gasteiger partial charge on any atom is 0.315 e. The minimum atomic E-state index is -0.369. The third-order valence-electron chi connectivity index (χ3n) is 3.60. The third kappa shape index (κ3) is 5.29. The van der Waals surface area contributed by atoms with E-state index in [2.05, 4.69) is 20.8 Å². The van der Waals surface area contributed by atoms with Gasteiger partial charge in [0, 0.05) is 17.6 Å². The van der Waals surface area contributed by atoms with Crippen LogP contribution in [0.25, 0.3) is 11.4 Å². The number of hydrogen-bond acceptors (Lipinski definition) is 5. The van der Waals surface area contributed by atoms with Gasteiger partial charge in [-0.1, -0.05) is 43.3 Å². The van der Waals surface area contributed by atoms with Gasteiger partial charge in [-0.3, -0.25) is 0 Å². The molecule has 1 aromatic carbocycles. The molecule has 0 bridgehead atoms. The number of hydrogen-bond donors (Lipinski definition) is 3. The fourth-order valence-corrected chi connectivity index (χ4v) is 2.30. The Balaban J connectivity index is 2.16. The lowest BCUT2D eigenvalue weighted by molar-refractivity contribution is 0.216. The highest BCUT2D eigenvalue weighted by atomic mass is 16.5. The van der Waals surface area contributed by atoms with Gasteiger partial charge >= 0.3 is 6.03 Å². The minimum absolute atomic E-state index is 0.0960. The number of benzene rings is 1. The number of carbonyl (C=O) groups is 1. The van der Waals surface area contributed by atoms with Crippen molar-refractivity contribution >= 4 is 6.03 Å². The lowest BCUT2D eigenvalue weighted by Crippen LogP contribution is -2.48. The van der Waals surface area contributed by atoms with Gasteiger partial charge in [0.1, 0.15) is 6.04 Å². The van der Waals surface area contributed by atoms with Gasteiger partial charge in [-0.05, 0) is 32.3 Å². The smallest absolute Gasteiger partial charge is 0.315 e. The van der Waals surface area contributed by atoms with Gasteiger partial charge in [-0.25, -0.2) is 4.79 Å². The van der Waals surface area contributed by atoms with Crippen molar-refractivity contribution in [2.24, 2.45) is 11.7 Å². The molecule has 0 unspecified atom stereocenters. The highest BCUT2D eigenvalue weighted by Crippen LogP contribution is 2.23. The van der Waals surface area contributed by atoms with Crippen LogP contribution in [0.1, 0.15) is 52.1 Å². The fourth-order valence-electron chi connectivity index (χ4n) is 2.30. The number of urea groups is 1. The zero-order chi connectivity index (χ0) is 18.6. The van der Waals surface area contributed by atoms with Crippen LogP contribution in [0.15, 0.2) is 28.8 Å². The molecule has 7 nitrogen and oxygen atoms in total. The summed E-state index contributed by atoms with van der Waals surface area (Å²) in [6.45, 7) is 10.2. The van der Waals surface area contributed by atoms with E-state index in [1.54, 1.807) is 0 Å².